The predicted octanol–water partition coefficient (Wildman–Crippen LogP) is 0.894. The monoisotopic (exact) mass is 309 g/mol. The maximum atomic E-state index is 12.2. The number of rotatable bonds is 5. The van der Waals surface area contributed by atoms with Gasteiger partial charge in [0.25, 0.3) is 5.91 Å². The lowest BCUT2D eigenvalue weighted by molar-refractivity contribution is -0.122. The molecule has 1 aliphatic heterocycles. The van der Waals surface area contributed by atoms with Crippen molar-refractivity contribution in [3.63, 3.8) is 0 Å². The van der Waals surface area contributed by atoms with Gasteiger partial charge in [-0.05, 0) is 18.2 Å². The van der Waals surface area contributed by atoms with Crippen molar-refractivity contribution < 1.29 is 23.1 Å². The fourth-order valence-electron chi connectivity index (χ4n) is 2.15. The van der Waals surface area contributed by atoms with Crippen molar-refractivity contribution in [2.45, 2.75) is 19.2 Å². The fraction of sp³-hybridized carbons (Fsp3) is 0.286. The summed E-state index contributed by atoms with van der Waals surface area (Å²) in [6, 6.07) is 3.88. The second-order valence-electron chi connectivity index (χ2n) is 4.60. The molecule has 2 unspecified atom stereocenters. The number of hydrogen-bond donors (Lipinski definition) is 3. The molecule has 0 bridgehead atoms. The zero-order valence-electron chi connectivity index (χ0n) is 11.3. The number of primary amides is 1. The maximum Gasteiger partial charge on any atom is 0.387 e. The Kier molecular flexibility index (Phi) is 4.46. The van der Waals surface area contributed by atoms with Gasteiger partial charge in [-0.25, -0.2) is 0 Å². The van der Waals surface area contributed by atoms with Crippen LogP contribution in [0, 0.1) is 18.3 Å². The molecule has 6 nitrogen and oxygen atoms in total. The van der Waals surface area contributed by atoms with Crippen LogP contribution in [0.5, 0.6) is 5.75 Å². The van der Waals surface area contributed by atoms with Gasteiger partial charge in [-0.1, -0.05) is 0 Å². The summed E-state index contributed by atoms with van der Waals surface area (Å²) < 4.78 is 28.6. The number of halogens is 2. The van der Waals surface area contributed by atoms with E-state index in [9.17, 15) is 18.4 Å². The lowest BCUT2D eigenvalue weighted by Gasteiger charge is -2.31. The predicted molar refractivity (Wildman–Crippen MR) is 74.1 cm³/mol. The number of carbonyl (C=O) groups is 2. The van der Waals surface area contributed by atoms with Crippen molar-refractivity contribution >= 4 is 17.5 Å². The van der Waals surface area contributed by atoms with Crippen LogP contribution in [-0.2, 0) is 4.79 Å². The Labute approximate surface area is 125 Å². The topological polar surface area (TPSA) is 93.5 Å². The molecule has 0 aromatic heterocycles. The van der Waals surface area contributed by atoms with Crippen molar-refractivity contribution in [1.29, 1.82) is 0 Å². The zero-order valence-corrected chi connectivity index (χ0v) is 11.3. The number of anilines is 1. The number of carbonyl (C=O) groups excluding carboxylic acids is 2. The normalized spacial score (nSPS) is 17.7. The summed E-state index contributed by atoms with van der Waals surface area (Å²) in [5, 5.41) is 5.43. The van der Waals surface area contributed by atoms with Gasteiger partial charge in [0, 0.05) is 12.1 Å². The molecule has 0 saturated carbocycles. The number of alkyl halides is 2. The zero-order chi connectivity index (χ0) is 16.3. The van der Waals surface area contributed by atoms with Gasteiger partial charge < -0.3 is 21.1 Å². The first-order valence-corrected chi connectivity index (χ1v) is 6.31. The summed E-state index contributed by atoms with van der Waals surface area (Å²) in [6.07, 6.45) is 4.47. The summed E-state index contributed by atoms with van der Waals surface area (Å²) >= 11 is 0. The van der Waals surface area contributed by atoms with Crippen LogP contribution in [0.25, 0.3) is 0 Å². The number of hydrogen-bond acceptors (Lipinski definition) is 4. The molecule has 1 aromatic rings. The van der Waals surface area contributed by atoms with Crippen LogP contribution >= 0.6 is 0 Å². The minimum atomic E-state index is -2.99. The highest BCUT2D eigenvalue weighted by Crippen LogP contribution is 2.28. The number of benzene rings is 1. The second-order valence-corrected chi connectivity index (χ2v) is 4.60. The van der Waals surface area contributed by atoms with E-state index in [1.165, 1.54) is 18.2 Å². The van der Waals surface area contributed by atoms with E-state index in [4.69, 9.17) is 12.2 Å². The van der Waals surface area contributed by atoms with Gasteiger partial charge in [0.1, 0.15) is 11.9 Å². The average molecular weight is 309 g/mol. The molecule has 0 radical (unpaired) electrons. The Balaban J connectivity index is 2.25. The first-order valence-electron chi connectivity index (χ1n) is 6.31. The Morgan fingerprint density at radius 2 is 2.18 bits per heavy atom. The number of fused-ring (bicyclic) bond motifs is 1. The summed E-state index contributed by atoms with van der Waals surface area (Å²) in [5.74, 6) is 0.193. The Hall–Kier alpha value is -2.82. The third kappa shape index (κ3) is 3.25. The molecule has 2 rings (SSSR count). The molecule has 22 heavy (non-hydrogen) atoms. The molecule has 1 heterocycles. The van der Waals surface area contributed by atoms with Crippen LogP contribution in [0.4, 0.5) is 14.5 Å². The van der Waals surface area contributed by atoms with Crippen molar-refractivity contribution in [1.82, 2.24) is 5.32 Å². The van der Waals surface area contributed by atoms with Gasteiger partial charge in [0.05, 0.1) is 11.5 Å². The Morgan fingerprint density at radius 3 is 2.77 bits per heavy atom. The highest BCUT2D eigenvalue weighted by Gasteiger charge is 2.32. The molecule has 2 atom stereocenters. The molecule has 1 aliphatic rings. The van der Waals surface area contributed by atoms with Crippen LogP contribution in [0.2, 0.25) is 0 Å². The van der Waals surface area contributed by atoms with Gasteiger partial charge in [-0.2, -0.15) is 8.78 Å². The van der Waals surface area contributed by atoms with E-state index in [0.717, 1.165) is 0 Å². The first-order chi connectivity index (χ1) is 10.4. The van der Waals surface area contributed by atoms with Crippen LogP contribution in [-0.4, -0.2) is 24.6 Å². The number of terminal acetylenes is 1. The van der Waals surface area contributed by atoms with Crippen LogP contribution in [0.15, 0.2) is 18.2 Å². The van der Waals surface area contributed by atoms with Gasteiger partial charge in [-0.3, -0.25) is 9.59 Å². The molecule has 8 heteroatoms. The summed E-state index contributed by atoms with van der Waals surface area (Å²) in [7, 11) is 0. The third-order valence-corrected chi connectivity index (χ3v) is 3.16. The van der Waals surface area contributed by atoms with E-state index in [2.05, 4.69) is 21.3 Å². The van der Waals surface area contributed by atoms with E-state index >= 15 is 0 Å². The second kappa shape index (κ2) is 6.30. The average Bonchev–Trinajstić information content (AvgIpc) is 2.44. The quantitative estimate of drug-likeness (QED) is 0.704. The first kappa shape index (κ1) is 15.6. The van der Waals surface area contributed by atoms with Crippen molar-refractivity contribution in [3.8, 4) is 18.1 Å². The van der Waals surface area contributed by atoms with Gasteiger partial charge in [0.2, 0.25) is 5.91 Å². The molecule has 116 valence electrons. The van der Waals surface area contributed by atoms with Crippen molar-refractivity contribution in [3.05, 3.63) is 23.8 Å². The molecule has 1 aromatic carbocycles. The number of nitrogens with one attached hydrogen (secondary N) is 2. The van der Waals surface area contributed by atoms with Crippen LogP contribution in [0.1, 0.15) is 16.8 Å². The molecular formula is C14H13F2N3O3. The fourth-order valence-corrected chi connectivity index (χ4v) is 2.15. The highest BCUT2D eigenvalue weighted by molar-refractivity contribution is 6.02. The number of ether oxygens (including phenoxy) is 1. The van der Waals surface area contributed by atoms with Gasteiger partial charge in [-0.15, -0.1) is 12.3 Å². The Morgan fingerprint density at radius 1 is 1.45 bits per heavy atom. The largest absolute Gasteiger partial charge is 0.435 e. The van der Waals surface area contributed by atoms with Crippen molar-refractivity contribution in [2.24, 2.45) is 11.7 Å². The molecule has 0 aliphatic carbocycles. The van der Waals surface area contributed by atoms with E-state index in [1.807, 2.05) is 0 Å². The summed E-state index contributed by atoms with van der Waals surface area (Å²) in [5.41, 5.74) is 5.77. The molecule has 0 spiro atoms. The smallest absolute Gasteiger partial charge is 0.387 e. The van der Waals surface area contributed by atoms with E-state index < -0.39 is 30.5 Å². The highest BCUT2D eigenvalue weighted by atomic mass is 19.3. The van der Waals surface area contributed by atoms with E-state index in [0.29, 0.717) is 5.69 Å². The molecule has 2 amide bonds. The standard InChI is InChI=1S/C14H13F2N3O3/c1-2-3-8(11(17)20)12-18-10-5-4-7(22-14(15)16)6-9(10)13(21)19-12/h1,4-6,8,12,14,18H,3H2,(H2,17,20)(H,19,21). The van der Waals surface area contributed by atoms with E-state index in [-0.39, 0.29) is 17.7 Å². The SMILES string of the molecule is C#CCC(C(N)=O)C1NC(=O)c2cc(OC(F)F)ccc2N1. The molecule has 0 saturated heterocycles. The van der Waals surface area contributed by atoms with E-state index in [1.54, 1.807) is 0 Å². The molecule has 0 fully saturated rings. The summed E-state index contributed by atoms with van der Waals surface area (Å²) in [4.78, 5) is 23.5. The summed E-state index contributed by atoms with van der Waals surface area (Å²) in [6.45, 7) is -2.99. The molecular weight excluding hydrogens is 296 g/mol. The lowest BCUT2D eigenvalue weighted by atomic mass is 9.98. The van der Waals surface area contributed by atoms with Crippen LogP contribution < -0.4 is 21.1 Å². The van der Waals surface area contributed by atoms with Gasteiger partial charge >= 0.3 is 6.61 Å². The third-order valence-electron chi connectivity index (χ3n) is 3.16. The lowest BCUT2D eigenvalue weighted by Crippen LogP contribution is -2.52. The maximum absolute atomic E-state index is 12.2. The Bertz CT molecular complexity index is 643. The van der Waals surface area contributed by atoms with Gasteiger partial charge in [0.15, 0.2) is 0 Å². The van der Waals surface area contributed by atoms with Crippen LogP contribution in [0.3, 0.4) is 0 Å². The minimum absolute atomic E-state index is 0.0508. The molecule has 4 N–H and O–H groups in total. The number of nitrogens with two attached hydrogens (primary N) is 1. The number of amides is 2. The van der Waals surface area contributed by atoms with Crippen molar-refractivity contribution in [2.75, 3.05) is 5.32 Å². The minimum Gasteiger partial charge on any atom is -0.435 e.